The smallest absolute Gasteiger partial charge is 0.278 e. The van der Waals surface area contributed by atoms with Crippen LogP contribution in [-0.4, -0.2) is 44.0 Å². The third-order valence-electron chi connectivity index (χ3n) is 4.59. The molecule has 138 valence electrons. The summed E-state index contributed by atoms with van der Waals surface area (Å²) in [5.74, 6) is 0.214. The number of benzene rings is 1. The Morgan fingerprint density at radius 2 is 2.19 bits per heavy atom. The van der Waals surface area contributed by atoms with E-state index in [9.17, 15) is 9.18 Å². The largest absolute Gasteiger partial charge is 0.338 e. The number of piperidine rings is 1. The third kappa shape index (κ3) is 3.69. The predicted molar refractivity (Wildman–Crippen MR) is 94.3 cm³/mol. The number of carbonyl (C=O) groups is 1. The molecule has 1 aromatic carbocycles. The quantitative estimate of drug-likeness (QED) is 0.707. The fourth-order valence-corrected chi connectivity index (χ4v) is 3.18. The SMILES string of the molecule is Cc1cnc(-c2nc([C@H]3CCCN(C(=O)c4cccc(F)c4)C3)no2)cn1. The molecule has 0 bridgehead atoms. The number of nitrogens with zero attached hydrogens (tertiary/aromatic N) is 5. The molecular weight excluding hydrogens is 349 g/mol. The molecule has 0 N–H and O–H groups in total. The minimum absolute atomic E-state index is 0.0350. The van der Waals surface area contributed by atoms with Gasteiger partial charge in [0.2, 0.25) is 0 Å². The van der Waals surface area contributed by atoms with Crippen molar-refractivity contribution < 1.29 is 13.7 Å². The highest BCUT2D eigenvalue weighted by Crippen LogP contribution is 2.27. The van der Waals surface area contributed by atoms with Gasteiger partial charge in [0.05, 0.1) is 11.9 Å². The number of aryl methyl sites for hydroxylation is 1. The Labute approximate surface area is 155 Å². The van der Waals surface area contributed by atoms with Gasteiger partial charge in [0.25, 0.3) is 11.8 Å². The van der Waals surface area contributed by atoms with Crippen LogP contribution in [0.15, 0.2) is 41.2 Å². The zero-order valence-electron chi connectivity index (χ0n) is 14.8. The van der Waals surface area contributed by atoms with Crippen molar-refractivity contribution in [3.05, 3.63) is 59.6 Å². The molecule has 27 heavy (non-hydrogen) atoms. The Balaban J connectivity index is 1.50. The van der Waals surface area contributed by atoms with Crippen molar-refractivity contribution in [3.8, 4) is 11.6 Å². The van der Waals surface area contributed by atoms with Crippen LogP contribution in [0.25, 0.3) is 11.6 Å². The van der Waals surface area contributed by atoms with Crippen LogP contribution in [0.5, 0.6) is 0 Å². The molecule has 0 unspecified atom stereocenters. The standard InChI is InChI=1S/C19H18FN5O2/c1-12-9-22-16(10-21-12)18-23-17(24-27-18)14-5-3-7-25(11-14)19(26)13-4-2-6-15(20)8-13/h2,4,6,8-10,14H,3,5,7,11H2,1H3/t14-/m0/s1. The van der Waals surface area contributed by atoms with Crippen LogP contribution >= 0.6 is 0 Å². The van der Waals surface area contributed by atoms with Gasteiger partial charge in [-0.25, -0.2) is 9.37 Å². The molecule has 2 aromatic heterocycles. The summed E-state index contributed by atoms with van der Waals surface area (Å²) in [6.07, 6.45) is 4.90. The first-order valence-corrected chi connectivity index (χ1v) is 8.77. The Kier molecular flexibility index (Phi) is 4.62. The first-order valence-electron chi connectivity index (χ1n) is 8.77. The van der Waals surface area contributed by atoms with Gasteiger partial charge in [-0.2, -0.15) is 4.98 Å². The van der Waals surface area contributed by atoms with Gasteiger partial charge in [-0.05, 0) is 38.0 Å². The summed E-state index contributed by atoms with van der Waals surface area (Å²) in [5, 5.41) is 4.07. The summed E-state index contributed by atoms with van der Waals surface area (Å²) in [7, 11) is 0. The molecule has 0 saturated carbocycles. The van der Waals surface area contributed by atoms with Crippen LogP contribution in [0.4, 0.5) is 4.39 Å². The van der Waals surface area contributed by atoms with E-state index < -0.39 is 5.82 Å². The first kappa shape index (κ1) is 17.3. The Morgan fingerprint density at radius 3 is 2.96 bits per heavy atom. The maximum Gasteiger partial charge on any atom is 0.278 e. The van der Waals surface area contributed by atoms with Crippen LogP contribution in [0.2, 0.25) is 0 Å². The number of halogens is 1. The highest BCUT2D eigenvalue weighted by molar-refractivity contribution is 5.94. The van der Waals surface area contributed by atoms with Crippen LogP contribution < -0.4 is 0 Å². The minimum atomic E-state index is -0.420. The minimum Gasteiger partial charge on any atom is -0.338 e. The van der Waals surface area contributed by atoms with Gasteiger partial charge in [0.15, 0.2) is 5.82 Å². The van der Waals surface area contributed by atoms with E-state index in [-0.39, 0.29) is 11.8 Å². The van der Waals surface area contributed by atoms with E-state index in [1.165, 1.54) is 18.2 Å². The monoisotopic (exact) mass is 367 g/mol. The molecule has 0 spiro atoms. The number of rotatable bonds is 3. The second kappa shape index (κ2) is 7.22. The topological polar surface area (TPSA) is 85.0 Å². The van der Waals surface area contributed by atoms with E-state index in [1.807, 2.05) is 6.92 Å². The molecule has 1 atom stereocenters. The van der Waals surface area contributed by atoms with Crippen molar-refractivity contribution in [2.24, 2.45) is 0 Å². The molecule has 8 heteroatoms. The summed E-state index contributed by atoms with van der Waals surface area (Å²) in [5.41, 5.74) is 1.67. The van der Waals surface area contributed by atoms with Crippen LogP contribution in [0.3, 0.4) is 0 Å². The predicted octanol–water partition coefficient (Wildman–Crippen LogP) is 2.99. The summed E-state index contributed by atoms with van der Waals surface area (Å²) < 4.78 is 18.7. The second-order valence-corrected chi connectivity index (χ2v) is 6.60. The summed E-state index contributed by atoms with van der Waals surface area (Å²) in [6.45, 7) is 2.94. The van der Waals surface area contributed by atoms with Gasteiger partial charge < -0.3 is 9.42 Å². The third-order valence-corrected chi connectivity index (χ3v) is 4.59. The molecule has 0 aliphatic carbocycles. The van der Waals surface area contributed by atoms with Gasteiger partial charge in [-0.15, -0.1) is 0 Å². The van der Waals surface area contributed by atoms with Gasteiger partial charge in [-0.1, -0.05) is 11.2 Å². The van der Waals surface area contributed by atoms with Crippen LogP contribution in [0.1, 0.15) is 40.6 Å². The molecule has 4 rings (SSSR count). The average Bonchev–Trinajstić information content (AvgIpc) is 3.18. The van der Waals surface area contributed by atoms with E-state index in [0.29, 0.717) is 36.1 Å². The van der Waals surface area contributed by atoms with Crippen molar-refractivity contribution >= 4 is 5.91 Å². The molecule has 7 nitrogen and oxygen atoms in total. The highest BCUT2D eigenvalue weighted by atomic mass is 19.1. The number of amides is 1. The number of hydrogen-bond donors (Lipinski definition) is 0. The summed E-state index contributed by atoms with van der Waals surface area (Å²) >= 11 is 0. The maximum absolute atomic E-state index is 13.4. The second-order valence-electron chi connectivity index (χ2n) is 6.60. The molecule has 3 aromatic rings. The maximum atomic E-state index is 13.4. The molecule has 0 radical (unpaired) electrons. The molecule has 3 heterocycles. The molecule has 1 aliphatic heterocycles. The molecule has 1 saturated heterocycles. The number of aromatic nitrogens is 4. The van der Waals surface area contributed by atoms with E-state index in [0.717, 1.165) is 18.5 Å². The van der Waals surface area contributed by atoms with Crippen LogP contribution in [-0.2, 0) is 0 Å². The van der Waals surface area contributed by atoms with Gasteiger partial charge >= 0.3 is 0 Å². The fraction of sp³-hybridized carbons (Fsp3) is 0.316. The van der Waals surface area contributed by atoms with Crippen molar-refractivity contribution in [2.75, 3.05) is 13.1 Å². The van der Waals surface area contributed by atoms with Crippen molar-refractivity contribution in [3.63, 3.8) is 0 Å². The number of likely N-dealkylation sites (tertiary alicyclic amines) is 1. The highest BCUT2D eigenvalue weighted by Gasteiger charge is 2.29. The molecule has 1 amide bonds. The lowest BCUT2D eigenvalue weighted by Gasteiger charge is -2.31. The van der Waals surface area contributed by atoms with E-state index >= 15 is 0 Å². The van der Waals surface area contributed by atoms with E-state index in [2.05, 4.69) is 20.1 Å². The average molecular weight is 367 g/mol. The lowest BCUT2D eigenvalue weighted by atomic mass is 9.96. The summed E-state index contributed by atoms with van der Waals surface area (Å²) in [6, 6.07) is 5.74. The molecular formula is C19H18FN5O2. The van der Waals surface area contributed by atoms with Crippen molar-refractivity contribution in [1.82, 2.24) is 25.0 Å². The van der Waals surface area contributed by atoms with Gasteiger partial charge in [0.1, 0.15) is 11.5 Å². The van der Waals surface area contributed by atoms with Gasteiger partial charge in [0, 0.05) is 30.8 Å². The number of carbonyl (C=O) groups excluding carboxylic acids is 1. The lowest BCUT2D eigenvalue weighted by Crippen LogP contribution is -2.39. The zero-order valence-corrected chi connectivity index (χ0v) is 14.8. The normalized spacial score (nSPS) is 17.1. The fourth-order valence-electron chi connectivity index (χ4n) is 3.18. The van der Waals surface area contributed by atoms with Crippen LogP contribution in [0, 0.1) is 12.7 Å². The Morgan fingerprint density at radius 1 is 1.30 bits per heavy atom. The lowest BCUT2D eigenvalue weighted by molar-refractivity contribution is 0.0703. The van der Waals surface area contributed by atoms with Crippen molar-refractivity contribution in [1.29, 1.82) is 0 Å². The summed E-state index contributed by atoms with van der Waals surface area (Å²) in [4.78, 5) is 27.2. The molecule has 1 fully saturated rings. The first-order chi connectivity index (χ1) is 13.1. The number of hydrogen-bond acceptors (Lipinski definition) is 6. The Hall–Kier alpha value is -3.16. The van der Waals surface area contributed by atoms with Crippen molar-refractivity contribution in [2.45, 2.75) is 25.7 Å². The van der Waals surface area contributed by atoms with Gasteiger partial charge in [-0.3, -0.25) is 9.78 Å². The van der Waals surface area contributed by atoms with E-state index in [1.54, 1.807) is 23.4 Å². The molecule has 1 aliphatic rings. The van der Waals surface area contributed by atoms with E-state index in [4.69, 9.17) is 4.52 Å². The Bertz CT molecular complexity index is 957. The zero-order chi connectivity index (χ0) is 18.8.